The van der Waals surface area contributed by atoms with E-state index < -0.39 is 0 Å². The Balaban J connectivity index is 1.38. The molecule has 2 heterocycles. The van der Waals surface area contributed by atoms with Gasteiger partial charge in [0, 0.05) is 28.9 Å². The molecule has 0 saturated heterocycles. The minimum Gasteiger partial charge on any atom is -0.309 e. The maximum absolute atomic E-state index is 4.45. The van der Waals surface area contributed by atoms with Crippen molar-refractivity contribution in [2.45, 2.75) is 0 Å². The maximum atomic E-state index is 4.45. The summed E-state index contributed by atoms with van der Waals surface area (Å²) in [6, 6.07) is 36.9. The lowest BCUT2D eigenvalue weighted by atomic mass is 10.0. The number of para-hydroxylation sites is 2. The van der Waals surface area contributed by atoms with Crippen molar-refractivity contribution in [1.29, 1.82) is 0 Å². The molecule has 0 radical (unpaired) electrons. The number of benzene rings is 5. The topological polar surface area (TPSA) is 30.7 Å². The van der Waals surface area contributed by atoms with Gasteiger partial charge in [-0.2, -0.15) is 0 Å². The first-order valence-corrected chi connectivity index (χ1v) is 11.1. The summed E-state index contributed by atoms with van der Waals surface area (Å²) in [7, 11) is 0. The molecule has 0 unspecified atom stereocenters. The molecule has 5 aromatic carbocycles. The minimum absolute atomic E-state index is 0.914. The van der Waals surface area contributed by atoms with Gasteiger partial charge in [-0.3, -0.25) is 9.97 Å². The number of fused-ring (bicyclic) bond motifs is 5. The van der Waals surface area contributed by atoms with E-state index in [1.807, 2.05) is 6.07 Å². The molecule has 0 atom stereocenters. The van der Waals surface area contributed by atoms with Crippen molar-refractivity contribution < 1.29 is 0 Å². The third-order valence-corrected chi connectivity index (χ3v) is 6.46. The van der Waals surface area contributed by atoms with Crippen molar-refractivity contribution in [3.63, 3.8) is 0 Å². The molecule has 7 aromatic rings. The highest BCUT2D eigenvalue weighted by atomic mass is 15.0. The first-order chi connectivity index (χ1) is 16.3. The summed E-state index contributed by atoms with van der Waals surface area (Å²) in [6.07, 6.45) is 3.47. The number of hydrogen-bond donors (Lipinski definition) is 0. The summed E-state index contributed by atoms with van der Waals surface area (Å²) in [5.74, 6) is 0. The van der Waals surface area contributed by atoms with Crippen molar-refractivity contribution in [2.24, 2.45) is 0 Å². The van der Waals surface area contributed by atoms with E-state index in [1.165, 1.54) is 43.8 Å². The van der Waals surface area contributed by atoms with Gasteiger partial charge in [0.2, 0.25) is 0 Å². The van der Waals surface area contributed by atoms with Gasteiger partial charge in [0.05, 0.1) is 22.1 Å². The van der Waals surface area contributed by atoms with Crippen LogP contribution in [0.3, 0.4) is 0 Å². The average molecular weight is 422 g/mol. The smallest absolute Gasteiger partial charge is 0.0892 e. The van der Waals surface area contributed by atoms with Gasteiger partial charge in [-0.1, -0.05) is 60.7 Å². The molecule has 7 rings (SSSR count). The number of nitrogens with zero attached hydrogens (tertiary/aromatic N) is 3. The molecule has 3 nitrogen and oxygen atoms in total. The van der Waals surface area contributed by atoms with Gasteiger partial charge in [-0.05, 0) is 64.4 Å². The average Bonchev–Trinajstić information content (AvgIpc) is 3.22. The zero-order valence-electron chi connectivity index (χ0n) is 17.8. The van der Waals surface area contributed by atoms with Crippen molar-refractivity contribution in [3.8, 4) is 16.8 Å². The van der Waals surface area contributed by atoms with E-state index in [-0.39, 0.29) is 0 Å². The second-order valence-corrected chi connectivity index (χ2v) is 8.38. The lowest BCUT2D eigenvalue weighted by molar-refractivity contribution is 1.19. The molecule has 0 aliphatic heterocycles. The molecule has 0 amide bonds. The van der Waals surface area contributed by atoms with Gasteiger partial charge in [0.1, 0.15) is 0 Å². The van der Waals surface area contributed by atoms with Crippen LogP contribution in [0, 0.1) is 0 Å². The first kappa shape index (κ1) is 18.1. The molecule has 0 fully saturated rings. The van der Waals surface area contributed by atoms with E-state index in [4.69, 9.17) is 0 Å². The molecule has 2 aromatic heterocycles. The van der Waals surface area contributed by atoms with Crippen molar-refractivity contribution in [3.05, 3.63) is 116 Å². The molecule has 154 valence electrons. The van der Waals surface area contributed by atoms with Gasteiger partial charge >= 0.3 is 0 Å². The highest BCUT2D eigenvalue weighted by Gasteiger charge is 2.12. The fourth-order valence-electron chi connectivity index (χ4n) is 4.90. The third kappa shape index (κ3) is 2.83. The summed E-state index contributed by atoms with van der Waals surface area (Å²) in [6.45, 7) is 0. The maximum Gasteiger partial charge on any atom is 0.0892 e. The molecule has 0 spiro atoms. The Bertz CT molecular complexity index is 1770. The monoisotopic (exact) mass is 421 g/mol. The fourth-order valence-corrected chi connectivity index (χ4v) is 4.90. The predicted octanol–water partition coefficient (Wildman–Crippen LogP) is 7.55. The van der Waals surface area contributed by atoms with Crippen molar-refractivity contribution in [2.75, 3.05) is 0 Å². The Morgan fingerprint density at radius 2 is 1.09 bits per heavy atom. The summed E-state index contributed by atoms with van der Waals surface area (Å²) in [4.78, 5) is 8.83. The quantitative estimate of drug-likeness (QED) is 0.289. The van der Waals surface area contributed by atoms with Crippen molar-refractivity contribution in [1.82, 2.24) is 14.5 Å². The van der Waals surface area contributed by atoms with Crippen LogP contribution in [-0.4, -0.2) is 14.5 Å². The van der Waals surface area contributed by atoms with Crippen LogP contribution < -0.4 is 0 Å². The number of aromatic nitrogens is 3. The molecule has 0 aliphatic carbocycles. The van der Waals surface area contributed by atoms with E-state index in [1.54, 1.807) is 12.4 Å². The van der Waals surface area contributed by atoms with Crippen LogP contribution in [0.5, 0.6) is 0 Å². The van der Waals surface area contributed by atoms with Crippen LogP contribution in [0.2, 0.25) is 0 Å². The molecule has 0 bridgehead atoms. The fraction of sp³-hybridized carbons (Fsp3) is 0. The van der Waals surface area contributed by atoms with Gasteiger partial charge in [-0.15, -0.1) is 0 Å². The van der Waals surface area contributed by atoms with Crippen LogP contribution >= 0.6 is 0 Å². The first-order valence-electron chi connectivity index (χ1n) is 11.1. The van der Waals surface area contributed by atoms with Crippen LogP contribution in [0.4, 0.5) is 0 Å². The largest absolute Gasteiger partial charge is 0.309 e. The Hall–Kier alpha value is -4.50. The summed E-state index contributed by atoms with van der Waals surface area (Å²) in [5.41, 5.74) is 7.79. The van der Waals surface area contributed by atoms with E-state index in [0.717, 1.165) is 16.6 Å². The highest BCUT2D eigenvalue weighted by Crippen LogP contribution is 2.33. The van der Waals surface area contributed by atoms with E-state index in [2.05, 4.69) is 112 Å². The normalized spacial score (nSPS) is 11.6. The lowest BCUT2D eigenvalue weighted by Gasteiger charge is -2.10. The summed E-state index contributed by atoms with van der Waals surface area (Å²) < 4.78 is 2.36. The van der Waals surface area contributed by atoms with Crippen molar-refractivity contribution >= 4 is 43.6 Å². The van der Waals surface area contributed by atoms with E-state index in [0.29, 0.717) is 0 Å². The number of rotatable bonds is 2. The van der Waals surface area contributed by atoms with Gasteiger partial charge in [-0.25, -0.2) is 0 Å². The highest BCUT2D eigenvalue weighted by molar-refractivity contribution is 6.09. The van der Waals surface area contributed by atoms with Crippen LogP contribution in [-0.2, 0) is 0 Å². The third-order valence-electron chi connectivity index (χ3n) is 6.46. The summed E-state index contributed by atoms with van der Waals surface area (Å²) >= 11 is 0. The molecular formula is C30H19N3. The van der Waals surface area contributed by atoms with Crippen LogP contribution in [0.25, 0.3) is 60.4 Å². The molecule has 3 heteroatoms. The Morgan fingerprint density at radius 3 is 1.88 bits per heavy atom. The van der Waals surface area contributed by atoms with Gasteiger partial charge < -0.3 is 4.57 Å². The Morgan fingerprint density at radius 1 is 0.485 bits per heavy atom. The molecule has 33 heavy (non-hydrogen) atoms. The SMILES string of the molecule is c1ccc2c(c1)c1ccccc1n2-c1ccc2cc(-c3ccc4nccnc4c3)ccc2c1. The van der Waals surface area contributed by atoms with E-state index >= 15 is 0 Å². The molecular weight excluding hydrogens is 402 g/mol. The second kappa shape index (κ2) is 7.01. The second-order valence-electron chi connectivity index (χ2n) is 8.38. The van der Waals surface area contributed by atoms with Crippen LogP contribution in [0.15, 0.2) is 116 Å². The standard InChI is InChI=1S/C30H19N3/c1-3-7-29-25(5-1)26-6-2-4-8-30(26)33(29)24-13-11-21-17-20(9-10-22(21)18-24)23-12-14-27-28(19-23)32-16-15-31-27/h1-19H. The van der Waals surface area contributed by atoms with Crippen LogP contribution in [0.1, 0.15) is 0 Å². The summed E-state index contributed by atoms with van der Waals surface area (Å²) in [5, 5.41) is 5.00. The molecule has 0 aliphatic rings. The minimum atomic E-state index is 0.914. The lowest BCUT2D eigenvalue weighted by Crippen LogP contribution is -1.93. The van der Waals surface area contributed by atoms with Gasteiger partial charge in [0.15, 0.2) is 0 Å². The Kier molecular flexibility index (Phi) is 3.84. The number of hydrogen-bond acceptors (Lipinski definition) is 2. The predicted molar refractivity (Wildman–Crippen MR) is 137 cm³/mol. The molecule has 0 saturated carbocycles. The Labute approximate surface area is 190 Å². The zero-order chi connectivity index (χ0) is 21.8. The zero-order valence-corrected chi connectivity index (χ0v) is 17.8. The van der Waals surface area contributed by atoms with E-state index in [9.17, 15) is 0 Å². The molecule has 0 N–H and O–H groups in total. The van der Waals surface area contributed by atoms with Gasteiger partial charge in [0.25, 0.3) is 0 Å².